The topological polar surface area (TPSA) is 213 Å². The Morgan fingerprint density at radius 3 is 2.67 bits per heavy atom. The Morgan fingerprint density at radius 2 is 1.86 bits per heavy atom. The fourth-order valence-electron chi connectivity index (χ4n) is 5.80. The normalized spacial score (nSPS) is 34.8. The van der Waals surface area contributed by atoms with Crippen LogP contribution in [0.1, 0.15) is 18.7 Å². The van der Waals surface area contributed by atoms with Gasteiger partial charge in [-0.2, -0.15) is 0 Å². The molecule has 2 aliphatic heterocycles. The summed E-state index contributed by atoms with van der Waals surface area (Å²) in [6, 6.07) is 0.536. The van der Waals surface area contributed by atoms with Crippen molar-refractivity contribution in [3.63, 3.8) is 0 Å². The number of ether oxygens (including phenoxy) is 3. The fraction of sp³-hybridized carbons (Fsp3) is 0.478. The molecule has 3 fully saturated rings. The Morgan fingerprint density at radius 1 is 1.09 bits per heavy atom. The van der Waals surface area contributed by atoms with Gasteiger partial charge in [0, 0.05) is 25.7 Å². The second-order valence-corrected chi connectivity index (χ2v) is 13.1. The molecule has 0 radical (unpaired) electrons. The van der Waals surface area contributed by atoms with Crippen molar-refractivity contribution in [2.75, 3.05) is 12.3 Å². The Bertz CT molecular complexity index is 1850. The number of hydrogen-bond donors (Lipinski definition) is 3. The average Bonchev–Trinajstić information content (AvgIpc) is 3.72. The first-order valence-electron chi connectivity index (χ1n) is 13.0. The second-order valence-electron chi connectivity index (χ2n) is 10.3. The number of aliphatic hydroxyl groups is 1. The van der Waals surface area contributed by atoms with E-state index in [0.29, 0.717) is 5.65 Å². The zero-order valence-electron chi connectivity index (χ0n) is 22.1. The van der Waals surface area contributed by atoms with Gasteiger partial charge >= 0.3 is 12.9 Å². The summed E-state index contributed by atoms with van der Waals surface area (Å²) in [6.45, 7) is -4.84. The minimum atomic E-state index is -4.27. The van der Waals surface area contributed by atoms with Crippen LogP contribution in [-0.2, 0) is 42.1 Å². The lowest BCUT2D eigenvalue weighted by atomic mass is 10.1. The molecule has 43 heavy (non-hydrogen) atoms. The van der Waals surface area contributed by atoms with Gasteiger partial charge in [0.1, 0.15) is 42.4 Å². The number of imidazole rings is 2. The Labute approximate surface area is 245 Å². The molecule has 7 rings (SSSR count). The quantitative estimate of drug-likeness (QED) is 0.198. The number of aryl methyl sites for hydroxylation is 1. The molecule has 4 aromatic heterocycles. The number of halogens is 1. The average molecular weight is 639 g/mol. The van der Waals surface area contributed by atoms with Gasteiger partial charge in [-0.25, -0.2) is 29.1 Å². The molecule has 1 aliphatic carbocycles. The van der Waals surface area contributed by atoms with Gasteiger partial charge in [-0.15, -0.1) is 0 Å². The zero-order chi connectivity index (χ0) is 30.2. The molecule has 0 aromatic carbocycles. The highest BCUT2D eigenvalue weighted by molar-refractivity contribution is 8.07. The highest BCUT2D eigenvalue weighted by Crippen LogP contribution is 2.53. The molecule has 2 saturated heterocycles. The molecule has 228 valence electrons. The number of aromatic nitrogens is 7. The molecule has 20 heteroatoms. The van der Waals surface area contributed by atoms with Gasteiger partial charge in [0.05, 0.1) is 24.8 Å². The van der Waals surface area contributed by atoms with Crippen molar-refractivity contribution in [1.29, 1.82) is 0 Å². The molecular weight excluding hydrogens is 614 g/mol. The first kappa shape index (κ1) is 28.2. The molecule has 1 saturated carbocycles. The molecule has 0 amide bonds. The SMILES string of the molecule is Cn1ccc(=O)c2ncn([C@@H]3C[C@@H]4OP(O)(=S)O[C@H]5[C@@H](F)[C@H](n6cnc7c(N)ncnc76)O[C@@H]5COC(=O)O[C@@H]3[C@@H]4O)c21. The number of nitrogens with two attached hydrogens (primary N) is 1. The van der Waals surface area contributed by atoms with Crippen molar-refractivity contribution in [2.45, 2.75) is 55.4 Å². The highest BCUT2D eigenvalue weighted by atomic mass is 32.5. The summed E-state index contributed by atoms with van der Waals surface area (Å²) in [7, 11) is 1.70. The maximum absolute atomic E-state index is 16.0. The van der Waals surface area contributed by atoms with Crippen LogP contribution >= 0.6 is 6.72 Å². The number of rotatable bonds is 2. The van der Waals surface area contributed by atoms with Crippen LogP contribution in [0.25, 0.3) is 22.3 Å². The summed E-state index contributed by atoms with van der Waals surface area (Å²) in [5.74, 6) is 0.0723. The summed E-state index contributed by atoms with van der Waals surface area (Å²) in [4.78, 5) is 52.6. The molecule has 4 N–H and O–H groups in total. The van der Waals surface area contributed by atoms with E-state index in [2.05, 4.69) is 19.9 Å². The maximum atomic E-state index is 16.0. The minimum Gasteiger partial charge on any atom is -0.431 e. The third-order valence-electron chi connectivity index (χ3n) is 7.76. The van der Waals surface area contributed by atoms with E-state index in [0.717, 1.165) is 0 Å². The van der Waals surface area contributed by atoms with Crippen LogP contribution in [0.4, 0.5) is 15.0 Å². The molecule has 3 aliphatic rings. The number of pyridine rings is 1. The largest absolute Gasteiger partial charge is 0.508 e. The fourth-order valence-corrected chi connectivity index (χ4v) is 7.60. The van der Waals surface area contributed by atoms with Crippen LogP contribution in [0, 0.1) is 0 Å². The van der Waals surface area contributed by atoms with Gasteiger partial charge in [-0.05, 0) is 11.8 Å². The summed E-state index contributed by atoms with van der Waals surface area (Å²) in [5.41, 5.74) is 6.45. The standard InChI is InChI=1S/C23H24FN8O9PS/c1-30-3-2-10(33)14-21(30)31(7-28-14)9-4-11-16(34)17(9)39-23(35)37-5-12-18(41-42(36,43)40-11)13(24)22(38-12)32-8-29-15-19(25)26-6-27-20(15)32/h2-3,6-9,11-13,16-18,22,34H,4-5H2,1H3,(H,36,43)(H2,25,26,27)/t9-,11+,12-,13-,16-,17+,18-,22-,42?/m1/s1. The number of alkyl halides is 1. The van der Waals surface area contributed by atoms with Gasteiger partial charge in [0.15, 0.2) is 35.5 Å². The van der Waals surface area contributed by atoms with E-state index in [1.807, 2.05) is 0 Å². The number of aliphatic hydroxyl groups excluding tert-OH is 1. The number of nitrogen functional groups attached to an aromatic ring is 1. The molecule has 0 spiro atoms. The molecule has 17 nitrogen and oxygen atoms in total. The van der Waals surface area contributed by atoms with Crippen molar-refractivity contribution in [3.05, 3.63) is 41.5 Å². The number of anilines is 1. The predicted molar refractivity (Wildman–Crippen MR) is 146 cm³/mol. The van der Waals surface area contributed by atoms with E-state index in [1.54, 1.807) is 22.4 Å². The number of nitrogens with zero attached hydrogens (tertiary/aromatic N) is 7. The van der Waals surface area contributed by atoms with Gasteiger partial charge < -0.3 is 43.6 Å². The number of fused-ring (bicyclic) bond motifs is 5. The number of hydrogen-bond acceptors (Lipinski definition) is 14. The van der Waals surface area contributed by atoms with Gasteiger partial charge in [0.2, 0.25) is 5.43 Å². The lowest BCUT2D eigenvalue weighted by molar-refractivity contribution is -0.0845. The third kappa shape index (κ3) is 4.67. The summed E-state index contributed by atoms with van der Waals surface area (Å²) < 4.78 is 48.5. The van der Waals surface area contributed by atoms with Gasteiger partial charge in [-0.1, -0.05) is 0 Å². The van der Waals surface area contributed by atoms with E-state index in [4.69, 9.17) is 40.8 Å². The molecule has 9 atom stereocenters. The monoisotopic (exact) mass is 638 g/mol. The van der Waals surface area contributed by atoms with E-state index in [9.17, 15) is 19.6 Å². The van der Waals surface area contributed by atoms with E-state index in [1.165, 1.54) is 29.6 Å². The van der Waals surface area contributed by atoms with Gasteiger partial charge in [0.25, 0.3) is 0 Å². The Kier molecular flexibility index (Phi) is 6.73. The first-order valence-corrected chi connectivity index (χ1v) is 15.6. The Balaban J connectivity index is 1.20. The molecule has 1 unspecified atom stereocenters. The molecule has 4 aromatic rings. The minimum absolute atomic E-state index is 0.0512. The van der Waals surface area contributed by atoms with Crippen molar-refractivity contribution in [3.8, 4) is 0 Å². The van der Waals surface area contributed by atoms with Crippen LogP contribution in [-0.4, -0.2) is 93.1 Å². The first-order chi connectivity index (χ1) is 20.5. The summed E-state index contributed by atoms with van der Waals surface area (Å²) in [5, 5.41) is 11.2. The van der Waals surface area contributed by atoms with Crippen molar-refractivity contribution >= 4 is 52.8 Å². The van der Waals surface area contributed by atoms with Crippen LogP contribution in [0.3, 0.4) is 0 Å². The molecule has 2 bridgehead atoms. The van der Waals surface area contributed by atoms with Crippen LogP contribution in [0.5, 0.6) is 0 Å². The third-order valence-corrected chi connectivity index (χ3v) is 9.33. The zero-order valence-corrected chi connectivity index (χ0v) is 23.8. The second kappa shape index (κ2) is 10.3. The number of cyclic esters (lactones) is 1. The van der Waals surface area contributed by atoms with Crippen molar-refractivity contribution in [2.24, 2.45) is 7.05 Å². The molecule has 6 heterocycles. The lowest BCUT2D eigenvalue weighted by Gasteiger charge is -2.29. The predicted octanol–water partition coefficient (Wildman–Crippen LogP) is 0.221. The van der Waals surface area contributed by atoms with Crippen LogP contribution < -0.4 is 11.2 Å². The smallest absolute Gasteiger partial charge is 0.431 e. The Hall–Kier alpha value is -3.58. The number of carbonyl (C=O) groups excluding carboxylic acids is 1. The summed E-state index contributed by atoms with van der Waals surface area (Å²) in [6.07, 6.45) is -6.09. The van der Waals surface area contributed by atoms with E-state index < -0.39 is 68.4 Å². The van der Waals surface area contributed by atoms with Crippen molar-refractivity contribution < 1.29 is 42.4 Å². The molecular formula is C23H24FN8O9PS. The van der Waals surface area contributed by atoms with E-state index >= 15 is 4.39 Å². The highest BCUT2D eigenvalue weighted by Gasteiger charge is 2.54. The lowest BCUT2D eigenvalue weighted by Crippen LogP contribution is -2.40. The summed E-state index contributed by atoms with van der Waals surface area (Å²) >= 11 is 5.25. The van der Waals surface area contributed by atoms with Crippen LogP contribution in [0.2, 0.25) is 0 Å². The van der Waals surface area contributed by atoms with Crippen molar-refractivity contribution in [1.82, 2.24) is 33.6 Å². The van der Waals surface area contributed by atoms with E-state index in [-0.39, 0.29) is 34.3 Å². The van der Waals surface area contributed by atoms with Crippen LogP contribution in [0.15, 0.2) is 36.0 Å². The van der Waals surface area contributed by atoms with Gasteiger partial charge in [-0.3, -0.25) is 13.9 Å². The maximum Gasteiger partial charge on any atom is 0.508 e. The number of carbonyl (C=O) groups is 1.